The van der Waals surface area contributed by atoms with Gasteiger partial charge >= 0.3 is 5.97 Å². The average molecular weight is 474 g/mol. The monoisotopic (exact) mass is 473 g/mol. The zero-order chi connectivity index (χ0) is 25.7. The third-order valence-electron chi connectivity index (χ3n) is 5.49. The number of hydrogen-bond donors (Lipinski definition) is 7. The minimum absolute atomic E-state index is 0.0667. The molecular weight excluding hydrogens is 430 g/mol. The van der Waals surface area contributed by atoms with Crippen LogP contribution in [0, 0.1) is 11.8 Å². The van der Waals surface area contributed by atoms with E-state index in [0.29, 0.717) is 32.2 Å². The van der Waals surface area contributed by atoms with Crippen LogP contribution in [0.25, 0.3) is 0 Å². The van der Waals surface area contributed by atoms with Crippen molar-refractivity contribution in [3.8, 4) is 0 Å². The number of aliphatic carboxylic acids is 1. The van der Waals surface area contributed by atoms with Crippen LogP contribution in [-0.2, 0) is 19.2 Å². The van der Waals surface area contributed by atoms with Gasteiger partial charge in [0.15, 0.2) is 6.04 Å². The molecule has 0 saturated heterocycles. The fourth-order valence-electron chi connectivity index (χ4n) is 3.21. The minimum Gasteiger partial charge on any atom is -0.480 e. The second-order valence-electron chi connectivity index (χ2n) is 9.02. The molecule has 33 heavy (non-hydrogen) atoms. The summed E-state index contributed by atoms with van der Waals surface area (Å²) >= 11 is 0. The molecule has 0 radical (unpaired) electrons. The number of carboxylic acids is 1. The summed E-state index contributed by atoms with van der Waals surface area (Å²) in [6.07, 6.45) is 1.40. The first-order valence-electron chi connectivity index (χ1n) is 11.6. The van der Waals surface area contributed by atoms with E-state index in [9.17, 15) is 29.4 Å². The molecule has 11 nitrogen and oxygen atoms in total. The number of carboxylic acid groups (broad SMARTS) is 1. The van der Waals surface area contributed by atoms with Gasteiger partial charge in [-0.15, -0.1) is 0 Å². The van der Waals surface area contributed by atoms with Gasteiger partial charge < -0.3 is 37.6 Å². The molecule has 0 aliphatic rings. The summed E-state index contributed by atoms with van der Waals surface area (Å²) in [7, 11) is 0. The number of rotatable bonds is 16. The van der Waals surface area contributed by atoms with E-state index in [-0.39, 0.29) is 11.8 Å². The first-order chi connectivity index (χ1) is 15.3. The Balaban J connectivity index is 5.46. The van der Waals surface area contributed by atoms with Crippen LogP contribution in [0.5, 0.6) is 0 Å². The van der Waals surface area contributed by atoms with Crippen LogP contribution in [0.2, 0.25) is 0 Å². The highest BCUT2D eigenvalue weighted by Crippen LogP contribution is 2.12. The molecule has 0 spiro atoms. The van der Waals surface area contributed by atoms with E-state index in [2.05, 4.69) is 16.0 Å². The predicted octanol–water partition coefficient (Wildman–Crippen LogP) is -0.545. The maximum atomic E-state index is 13.1. The number of nitrogens with two attached hydrogens (primary N) is 2. The summed E-state index contributed by atoms with van der Waals surface area (Å²) in [6, 6.07) is -4.26. The highest BCUT2D eigenvalue weighted by atomic mass is 16.4. The molecule has 192 valence electrons. The van der Waals surface area contributed by atoms with Gasteiger partial charge in [-0.2, -0.15) is 0 Å². The van der Waals surface area contributed by atoms with Crippen molar-refractivity contribution < 1.29 is 29.4 Å². The van der Waals surface area contributed by atoms with Crippen LogP contribution in [0.4, 0.5) is 0 Å². The Kier molecular flexibility index (Phi) is 14.5. The van der Waals surface area contributed by atoms with Crippen LogP contribution in [-0.4, -0.2) is 70.7 Å². The van der Waals surface area contributed by atoms with Gasteiger partial charge in [-0.25, -0.2) is 4.79 Å². The van der Waals surface area contributed by atoms with E-state index in [0.717, 1.165) is 6.42 Å². The summed E-state index contributed by atoms with van der Waals surface area (Å²) < 4.78 is 0. The number of aliphatic hydroxyl groups excluding tert-OH is 1. The number of aliphatic hydroxyl groups is 1. The lowest BCUT2D eigenvalue weighted by molar-refractivity contribution is -0.145. The van der Waals surface area contributed by atoms with Crippen LogP contribution in [0.15, 0.2) is 0 Å². The van der Waals surface area contributed by atoms with Crippen molar-refractivity contribution in [1.82, 2.24) is 16.0 Å². The molecule has 9 N–H and O–H groups in total. The van der Waals surface area contributed by atoms with Gasteiger partial charge in [0.1, 0.15) is 12.1 Å². The van der Waals surface area contributed by atoms with Crippen molar-refractivity contribution in [2.24, 2.45) is 23.3 Å². The van der Waals surface area contributed by atoms with Crippen LogP contribution < -0.4 is 27.4 Å². The molecule has 0 fully saturated rings. The molecule has 3 amide bonds. The standard InChI is InChI=1S/C22H43N5O6/c1-6-13(4)17(21(31)27-18(14(5)28)22(32)33)26-20(30)16(11-12(2)3)25-19(29)15(24)9-7-8-10-23/h12-18,28H,6-11,23-24H2,1-5H3,(H,25,29)(H,26,30)(H,27,31)(H,32,33). The van der Waals surface area contributed by atoms with Gasteiger partial charge in [0.2, 0.25) is 17.7 Å². The van der Waals surface area contributed by atoms with Crippen LogP contribution in [0.1, 0.15) is 66.7 Å². The largest absolute Gasteiger partial charge is 0.480 e. The molecular formula is C22H43N5O6. The lowest BCUT2D eigenvalue weighted by Gasteiger charge is -2.29. The number of carbonyl (C=O) groups excluding carboxylic acids is 3. The number of carbonyl (C=O) groups is 4. The summed E-state index contributed by atoms with van der Waals surface area (Å²) in [4.78, 5) is 49.7. The van der Waals surface area contributed by atoms with Crippen molar-refractivity contribution >= 4 is 23.7 Å². The molecule has 0 aromatic heterocycles. The lowest BCUT2D eigenvalue weighted by Crippen LogP contribution is -2.60. The van der Waals surface area contributed by atoms with E-state index in [1.165, 1.54) is 6.92 Å². The third-order valence-corrected chi connectivity index (χ3v) is 5.49. The summed E-state index contributed by atoms with van der Waals surface area (Å²) in [5.41, 5.74) is 11.4. The Bertz CT molecular complexity index is 643. The first-order valence-corrected chi connectivity index (χ1v) is 11.6. The fraction of sp³-hybridized carbons (Fsp3) is 0.818. The van der Waals surface area contributed by atoms with Gasteiger partial charge in [-0.05, 0) is 44.6 Å². The quantitative estimate of drug-likeness (QED) is 0.145. The van der Waals surface area contributed by atoms with Crippen molar-refractivity contribution in [2.75, 3.05) is 6.54 Å². The van der Waals surface area contributed by atoms with E-state index >= 15 is 0 Å². The summed E-state index contributed by atoms with van der Waals surface area (Å²) in [6.45, 7) is 9.11. The smallest absolute Gasteiger partial charge is 0.328 e. The Morgan fingerprint density at radius 2 is 1.45 bits per heavy atom. The molecule has 0 aliphatic heterocycles. The molecule has 0 aliphatic carbocycles. The highest BCUT2D eigenvalue weighted by molar-refractivity contribution is 5.94. The van der Waals surface area contributed by atoms with Crippen molar-refractivity contribution in [3.63, 3.8) is 0 Å². The maximum absolute atomic E-state index is 13.1. The third kappa shape index (κ3) is 11.4. The Hall–Kier alpha value is -2.24. The normalized spacial score (nSPS) is 16.8. The van der Waals surface area contributed by atoms with Gasteiger partial charge in [0, 0.05) is 0 Å². The Morgan fingerprint density at radius 1 is 0.879 bits per heavy atom. The second-order valence-corrected chi connectivity index (χ2v) is 9.02. The molecule has 0 rings (SSSR count). The zero-order valence-electron chi connectivity index (χ0n) is 20.5. The minimum atomic E-state index is -1.52. The van der Waals surface area contributed by atoms with Gasteiger partial charge in [0.25, 0.3) is 0 Å². The van der Waals surface area contributed by atoms with Crippen LogP contribution in [0.3, 0.4) is 0 Å². The number of unbranched alkanes of at least 4 members (excludes halogenated alkanes) is 1. The topological polar surface area (TPSA) is 197 Å². The second kappa shape index (κ2) is 15.6. The summed E-state index contributed by atoms with van der Waals surface area (Å²) in [5.74, 6) is -3.39. The Morgan fingerprint density at radius 3 is 1.91 bits per heavy atom. The SMILES string of the molecule is CCC(C)C(NC(=O)C(CC(C)C)NC(=O)C(N)CCCCN)C(=O)NC(C(=O)O)C(C)O. The predicted molar refractivity (Wildman–Crippen MR) is 125 cm³/mol. The lowest BCUT2D eigenvalue weighted by atomic mass is 9.96. The maximum Gasteiger partial charge on any atom is 0.328 e. The van der Waals surface area contributed by atoms with Crippen molar-refractivity contribution in [2.45, 2.75) is 97.0 Å². The van der Waals surface area contributed by atoms with Gasteiger partial charge in [-0.1, -0.05) is 40.5 Å². The first kappa shape index (κ1) is 30.8. The van der Waals surface area contributed by atoms with E-state index in [1.54, 1.807) is 6.92 Å². The molecule has 11 heteroatoms. The molecule has 0 aromatic carbocycles. The van der Waals surface area contributed by atoms with Gasteiger partial charge in [-0.3, -0.25) is 14.4 Å². The van der Waals surface area contributed by atoms with E-state index < -0.39 is 54.0 Å². The number of amides is 3. The highest BCUT2D eigenvalue weighted by Gasteiger charge is 2.34. The number of hydrogen-bond acceptors (Lipinski definition) is 7. The van der Waals surface area contributed by atoms with Crippen molar-refractivity contribution in [3.05, 3.63) is 0 Å². The molecule has 6 unspecified atom stereocenters. The molecule has 0 aromatic rings. The van der Waals surface area contributed by atoms with E-state index in [4.69, 9.17) is 11.5 Å². The number of nitrogens with one attached hydrogen (secondary N) is 3. The zero-order valence-corrected chi connectivity index (χ0v) is 20.5. The molecule has 6 atom stereocenters. The molecule has 0 bridgehead atoms. The van der Waals surface area contributed by atoms with Crippen LogP contribution >= 0.6 is 0 Å². The molecule has 0 heterocycles. The average Bonchev–Trinajstić information content (AvgIpc) is 2.73. The molecule has 0 saturated carbocycles. The van der Waals surface area contributed by atoms with Crippen molar-refractivity contribution in [1.29, 1.82) is 0 Å². The van der Waals surface area contributed by atoms with E-state index in [1.807, 2.05) is 20.8 Å². The Labute approximate surface area is 196 Å². The van der Waals surface area contributed by atoms with Gasteiger partial charge in [0.05, 0.1) is 12.1 Å². The fourth-order valence-corrected chi connectivity index (χ4v) is 3.21. The summed E-state index contributed by atoms with van der Waals surface area (Å²) in [5, 5.41) is 26.5.